The molecule has 0 radical (unpaired) electrons. The normalized spacial score (nSPS) is 28.2. The number of rotatable bonds is 0. The molecule has 4 heteroatoms. The van der Waals surface area contributed by atoms with Gasteiger partial charge in [0.25, 0.3) is 0 Å². The van der Waals surface area contributed by atoms with E-state index in [0.717, 1.165) is 11.3 Å². The largest absolute Gasteiger partial charge is 0.400 e. The highest BCUT2D eigenvalue weighted by Gasteiger charge is 2.27. The van der Waals surface area contributed by atoms with Crippen LogP contribution in [0.3, 0.4) is 0 Å². The molecule has 1 aliphatic carbocycles. The lowest BCUT2D eigenvalue weighted by Crippen LogP contribution is -2.20. The second kappa shape index (κ2) is 2.52. The Bertz CT molecular complexity index is 306. The Morgan fingerprint density at radius 1 is 1.67 bits per heavy atom. The molecule has 64 valence electrons. The summed E-state index contributed by atoms with van der Waals surface area (Å²) in [6.45, 7) is 0. The van der Waals surface area contributed by atoms with Gasteiger partial charge in [0.05, 0.1) is 17.5 Å². The Hall–Kier alpha value is -0.960. The first-order valence-corrected chi connectivity index (χ1v) is 4.24. The van der Waals surface area contributed by atoms with Crippen LogP contribution in [0.15, 0.2) is 23.0 Å². The van der Waals surface area contributed by atoms with Crippen molar-refractivity contribution in [3.05, 3.63) is 23.0 Å². The van der Waals surface area contributed by atoms with Crippen LogP contribution in [0, 0.1) is 0 Å². The molecule has 1 saturated heterocycles. The summed E-state index contributed by atoms with van der Waals surface area (Å²) >= 11 is 5.90. The van der Waals surface area contributed by atoms with E-state index in [4.69, 9.17) is 17.3 Å². The van der Waals surface area contributed by atoms with Gasteiger partial charge in [-0.3, -0.25) is 4.79 Å². The quantitative estimate of drug-likeness (QED) is 0.542. The number of nitrogens with one attached hydrogen (secondary N) is 1. The van der Waals surface area contributed by atoms with Crippen LogP contribution < -0.4 is 11.1 Å². The van der Waals surface area contributed by atoms with Crippen molar-refractivity contribution in [3.8, 4) is 0 Å². The highest BCUT2D eigenvalue weighted by Crippen LogP contribution is 2.29. The molecular weight excluding hydrogens is 176 g/mol. The third kappa shape index (κ3) is 1.10. The van der Waals surface area contributed by atoms with Crippen LogP contribution in [-0.4, -0.2) is 11.3 Å². The average molecular weight is 185 g/mol. The number of alkyl halides is 1. The molecule has 2 rings (SSSR count). The highest BCUT2D eigenvalue weighted by atomic mass is 35.5. The van der Waals surface area contributed by atoms with E-state index in [2.05, 4.69) is 5.32 Å². The molecule has 0 aromatic carbocycles. The Morgan fingerprint density at radius 2 is 2.42 bits per heavy atom. The summed E-state index contributed by atoms with van der Waals surface area (Å²) in [6.07, 6.45) is 2.94. The van der Waals surface area contributed by atoms with E-state index in [1.165, 1.54) is 0 Å². The molecule has 0 saturated carbocycles. The van der Waals surface area contributed by atoms with Gasteiger partial charge in [0, 0.05) is 12.1 Å². The standard InChI is InChI=1S/C8H9ClN2O/c9-5-1-4-2-7(12)11-8(4)6(10)3-5/h1,5H,2-3,10H2,(H,11,12). The van der Waals surface area contributed by atoms with Gasteiger partial charge in [-0.1, -0.05) is 6.08 Å². The molecule has 12 heavy (non-hydrogen) atoms. The van der Waals surface area contributed by atoms with Gasteiger partial charge in [-0.2, -0.15) is 0 Å². The third-order valence-electron chi connectivity index (χ3n) is 2.05. The number of hydrogen-bond acceptors (Lipinski definition) is 2. The lowest BCUT2D eigenvalue weighted by atomic mass is 10.0. The van der Waals surface area contributed by atoms with Gasteiger partial charge in [0.15, 0.2) is 0 Å². The van der Waals surface area contributed by atoms with Crippen LogP contribution >= 0.6 is 11.6 Å². The van der Waals surface area contributed by atoms with Gasteiger partial charge in [0.2, 0.25) is 5.91 Å². The first-order valence-electron chi connectivity index (χ1n) is 3.80. The zero-order valence-corrected chi connectivity index (χ0v) is 7.19. The van der Waals surface area contributed by atoms with Gasteiger partial charge >= 0.3 is 0 Å². The Morgan fingerprint density at radius 3 is 3.17 bits per heavy atom. The summed E-state index contributed by atoms with van der Waals surface area (Å²) < 4.78 is 0. The summed E-state index contributed by atoms with van der Waals surface area (Å²) in [7, 11) is 0. The topological polar surface area (TPSA) is 55.1 Å². The number of nitrogens with two attached hydrogens (primary N) is 1. The zero-order valence-electron chi connectivity index (χ0n) is 6.43. The molecule has 0 aromatic rings. The van der Waals surface area contributed by atoms with E-state index in [1.807, 2.05) is 6.08 Å². The predicted molar refractivity (Wildman–Crippen MR) is 46.3 cm³/mol. The van der Waals surface area contributed by atoms with E-state index in [-0.39, 0.29) is 11.3 Å². The lowest BCUT2D eigenvalue weighted by Gasteiger charge is -2.15. The Balaban J connectivity index is 2.40. The fourth-order valence-electron chi connectivity index (χ4n) is 1.54. The van der Waals surface area contributed by atoms with Crippen molar-refractivity contribution in [1.29, 1.82) is 0 Å². The Kier molecular flexibility index (Phi) is 1.61. The summed E-state index contributed by atoms with van der Waals surface area (Å²) in [6, 6.07) is 0. The SMILES string of the molecule is NC1=C2NC(=O)CC2=CC(Cl)C1. The Labute approximate surface area is 75.3 Å². The molecule has 0 bridgehead atoms. The van der Waals surface area contributed by atoms with Gasteiger partial charge in [-0.05, 0) is 5.57 Å². The molecule has 1 amide bonds. The maximum Gasteiger partial charge on any atom is 0.228 e. The van der Waals surface area contributed by atoms with Crippen LogP contribution in [0.1, 0.15) is 12.8 Å². The van der Waals surface area contributed by atoms with Gasteiger partial charge in [-0.25, -0.2) is 0 Å². The van der Waals surface area contributed by atoms with Gasteiger partial charge in [-0.15, -0.1) is 11.6 Å². The minimum atomic E-state index is -0.0588. The van der Waals surface area contributed by atoms with Crippen molar-refractivity contribution < 1.29 is 4.79 Å². The molecule has 3 N–H and O–H groups in total. The molecule has 1 unspecified atom stereocenters. The van der Waals surface area contributed by atoms with Crippen molar-refractivity contribution in [1.82, 2.24) is 5.32 Å². The smallest absolute Gasteiger partial charge is 0.228 e. The zero-order chi connectivity index (χ0) is 8.72. The van der Waals surface area contributed by atoms with E-state index >= 15 is 0 Å². The van der Waals surface area contributed by atoms with E-state index in [9.17, 15) is 4.79 Å². The molecule has 0 spiro atoms. The van der Waals surface area contributed by atoms with Crippen LogP contribution in [0.5, 0.6) is 0 Å². The first-order chi connectivity index (χ1) is 5.66. The van der Waals surface area contributed by atoms with E-state index < -0.39 is 0 Å². The second-order valence-corrected chi connectivity index (χ2v) is 3.60. The number of amides is 1. The lowest BCUT2D eigenvalue weighted by molar-refractivity contribution is -0.118. The van der Waals surface area contributed by atoms with Crippen molar-refractivity contribution in [2.45, 2.75) is 18.2 Å². The molecule has 3 nitrogen and oxygen atoms in total. The van der Waals surface area contributed by atoms with Crippen molar-refractivity contribution in [2.24, 2.45) is 5.73 Å². The number of carbonyl (C=O) groups is 1. The van der Waals surface area contributed by atoms with Crippen molar-refractivity contribution in [2.75, 3.05) is 0 Å². The number of allylic oxidation sites excluding steroid dienone is 3. The minimum absolute atomic E-state index is 0.00460. The monoisotopic (exact) mass is 184 g/mol. The number of carbonyl (C=O) groups excluding carboxylic acids is 1. The maximum absolute atomic E-state index is 11.0. The fourth-order valence-corrected chi connectivity index (χ4v) is 1.86. The maximum atomic E-state index is 11.0. The summed E-state index contributed by atoms with van der Waals surface area (Å²) in [5.74, 6) is 0.00460. The molecule has 0 aromatic heterocycles. The molecule has 1 aliphatic heterocycles. The minimum Gasteiger partial charge on any atom is -0.400 e. The van der Waals surface area contributed by atoms with E-state index in [1.54, 1.807) is 0 Å². The average Bonchev–Trinajstić information content (AvgIpc) is 2.29. The predicted octanol–water partition coefficient (Wildman–Crippen LogP) is 0.614. The number of halogens is 1. The summed E-state index contributed by atoms with van der Waals surface area (Å²) in [5, 5.41) is 2.66. The second-order valence-electron chi connectivity index (χ2n) is 3.04. The first kappa shape index (κ1) is 7.68. The summed E-state index contributed by atoms with van der Waals surface area (Å²) in [4.78, 5) is 11.0. The van der Waals surface area contributed by atoms with Crippen LogP contribution in [0.25, 0.3) is 0 Å². The molecule has 1 heterocycles. The van der Waals surface area contributed by atoms with Crippen LogP contribution in [-0.2, 0) is 4.79 Å². The van der Waals surface area contributed by atoms with Crippen LogP contribution in [0.4, 0.5) is 0 Å². The fraction of sp³-hybridized carbons (Fsp3) is 0.375. The highest BCUT2D eigenvalue weighted by molar-refractivity contribution is 6.22. The van der Waals surface area contributed by atoms with E-state index in [0.29, 0.717) is 18.5 Å². The van der Waals surface area contributed by atoms with Crippen molar-refractivity contribution >= 4 is 17.5 Å². The molecular formula is C8H9ClN2O. The van der Waals surface area contributed by atoms with Gasteiger partial charge < -0.3 is 11.1 Å². The molecule has 2 aliphatic rings. The molecule has 1 atom stereocenters. The molecule has 1 fully saturated rings. The van der Waals surface area contributed by atoms with Crippen molar-refractivity contribution in [3.63, 3.8) is 0 Å². The number of fused-ring (bicyclic) bond motifs is 1. The van der Waals surface area contributed by atoms with Crippen LogP contribution in [0.2, 0.25) is 0 Å². The summed E-state index contributed by atoms with van der Waals surface area (Å²) in [5.41, 5.74) is 8.14. The number of hydrogen-bond donors (Lipinski definition) is 2. The third-order valence-corrected chi connectivity index (χ3v) is 2.33. The van der Waals surface area contributed by atoms with Gasteiger partial charge in [0.1, 0.15) is 0 Å².